The molecule has 10 rings (SSSR count). The monoisotopic (exact) mass is 1070 g/mol. The van der Waals surface area contributed by atoms with E-state index in [0.717, 1.165) is 55.9 Å². The first-order valence-corrected chi connectivity index (χ1v) is 22.5. The molecular formula is C54H56Br2N6O8. The number of phenolic OH excluding ortho intramolecular Hbond substituents is 2. The average Bonchev–Trinajstić information content (AvgIpc) is 3.76. The van der Waals surface area contributed by atoms with Crippen LogP contribution in [0.4, 0.5) is 0 Å². The number of hydrogen-bond acceptors (Lipinski definition) is 12. The fourth-order valence-electron chi connectivity index (χ4n) is 8.76. The molecule has 0 saturated carbocycles. The van der Waals surface area contributed by atoms with Crippen molar-refractivity contribution >= 4 is 57.2 Å². The molecule has 4 N–H and O–H groups in total. The van der Waals surface area contributed by atoms with Gasteiger partial charge in [-0.25, -0.2) is 0 Å². The molecule has 2 aromatic heterocycles. The minimum atomic E-state index is -0.289. The Balaban J connectivity index is 0.000000201. The predicted octanol–water partition coefficient (Wildman–Crippen LogP) is 10.3. The molecule has 0 bridgehead atoms. The molecule has 6 heterocycles. The van der Waals surface area contributed by atoms with Gasteiger partial charge < -0.3 is 39.0 Å². The number of nitrogens with one attached hydrogen (secondary N) is 2. The molecule has 0 fully saturated rings. The van der Waals surface area contributed by atoms with E-state index < -0.39 is 0 Å². The van der Waals surface area contributed by atoms with Crippen molar-refractivity contribution in [2.45, 2.75) is 91.9 Å². The Morgan fingerprint density at radius 1 is 0.543 bits per heavy atom. The summed E-state index contributed by atoms with van der Waals surface area (Å²) >= 11 is 0. The Morgan fingerprint density at radius 2 is 0.914 bits per heavy atom. The van der Waals surface area contributed by atoms with Crippen LogP contribution in [-0.2, 0) is 50.3 Å². The van der Waals surface area contributed by atoms with Crippen LogP contribution in [0.5, 0.6) is 34.5 Å². The number of amidine groups is 2. The molecule has 0 unspecified atom stereocenters. The highest BCUT2D eigenvalue weighted by Crippen LogP contribution is 2.40. The van der Waals surface area contributed by atoms with Gasteiger partial charge in [-0.1, -0.05) is 53.7 Å². The molecular weight excluding hydrogens is 1020 g/mol. The number of aromatic hydroxyl groups is 2. The first-order valence-electron chi connectivity index (χ1n) is 22.5. The summed E-state index contributed by atoms with van der Waals surface area (Å²) < 4.78 is 24.0. The maximum absolute atomic E-state index is 13.1. The molecule has 364 valence electrons. The molecule has 0 radical (unpaired) electrons. The van der Waals surface area contributed by atoms with Crippen molar-refractivity contribution in [3.8, 4) is 34.5 Å². The lowest BCUT2D eigenvalue weighted by atomic mass is 9.85. The molecule has 0 amide bonds. The fourth-order valence-corrected chi connectivity index (χ4v) is 8.76. The lowest BCUT2D eigenvalue weighted by Crippen LogP contribution is -2.30. The van der Waals surface area contributed by atoms with Crippen molar-refractivity contribution in [3.05, 3.63) is 164 Å². The van der Waals surface area contributed by atoms with Gasteiger partial charge in [-0.05, 0) is 106 Å². The van der Waals surface area contributed by atoms with Crippen LogP contribution in [0.15, 0.2) is 97.3 Å². The number of ketones is 2. The quantitative estimate of drug-likeness (QED) is 0.116. The van der Waals surface area contributed by atoms with Gasteiger partial charge in [0.05, 0.1) is 24.5 Å². The number of aromatic nitrogens is 2. The van der Waals surface area contributed by atoms with Gasteiger partial charge in [0.1, 0.15) is 49.6 Å². The van der Waals surface area contributed by atoms with Crippen LogP contribution >= 0.6 is 34.0 Å². The van der Waals surface area contributed by atoms with Gasteiger partial charge in [-0.2, -0.15) is 0 Å². The maximum atomic E-state index is 13.1. The van der Waals surface area contributed by atoms with E-state index in [2.05, 4.69) is 9.97 Å². The fraction of sp³-hybridized carbons (Fsp3) is 0.296. The standard InChI is InChI=1S/2C27H27N3O4.2BrH/c1-27(2,3)20-9-16(6-7-22(20)31)23(32)13-30-12-18-10-24-25(11-19(18)26(30)28)33-14-17-5-4-8-29-21(17)15-34-24;1-27(2,3)20-9-16(6-7-22(20)31)23(32)13-30-12-18-10-24-25(11-19(18)26(30)28)34-15-21-17(14-33-24)5-4-8-29-21;;/h2*4-11,28,31H,12-15H2,1-3H3;2*1H. The number of halogens is 2. The number of ether oxygens (including phenoxy) is 4. The van der Waals surface area contributed by atoms with E-state index >= 15 is 0 Å². The Kier molecular flexibility index (Phi) is 14.8. The van der Waals surface area contributed by atoms with Gasteiger partial charge >= 0.3 is 0 Å². The highest BCUT2D eigenvalue weighted by Gasteiger charge is 2.32. The second kappa shape index (κ2) is 20.3. The maximum Gasteiger partial charge on any atom is 0.182 e. The lowest BCUT2D eigenvalue weighted by Gasteiger charge is -2.22. The largest absolute Gasteiger partial charge is 0.508 e. The molecule has 4 aromatic carbocycles. The minimum absolute atomic E-state index is 0. The van der Waals surface area contributed by atoms with E-state index in [1.54, 1.807) is 58.6 Å². The van der Waals surface area contributed by atoms with Crippen molar-refractivity contribution < 1.29 is 38.7 Å². The second-order valence-corrected chi connectivity index (χ2v) is 19.5. The van der Waals surface area contributed by atoms with Gasteiger partial charge in [0.25, 0.3) is 0 Å². The van der Waals surface area contributed by atoms with Gasteiger partial charge in [-0.15, -0.1) is 34.0 Å². The molecule has 70 heavy (non-hydrogen) atoms. The molecule has 4 aliphatic rings. The number of benzene rings is 4. The Morgan fingerprint density at radius 3 is 1.30 bits per heavy atom. The topological polar surface area (TPSA) is 191 Å². The zero-order valence-electron chi connectivity index (χ0n) is 39.8. The molecule has 16 heteroatoms. The van der Waals surface area contributed by atoms with Crippen molar-refractivity contribution in [1.29, 1.82) is 10.8 Å². The van der Waals surface area contributed by atoms with Crippen LogP contribution in [0.1, 0.15) is 118 Å². The first kappa shape index (κ1) is 51.1. The summed E-state index contributed by atoms with van der Waals surface area (Å²) in [4.78, 5) is 38.4. The summed E-state index contributed by atoms with van der Waals surface area (Å²) in [6.45, 7) is 14.5. The highest BCUT2D eigenvalue weighted by atomic mass is 79.9. The number of rotatable bonds is 6. The Hall–Kier alpha value is -6.78. The van der Waals surface area contributed by atoms with Gasteiger partial charge in [-0.3, -0.25) is 30.4 Å². The zero-order chi connectivity index (χ0) is 48.1. The molecule has 0 atom stereocenters. The van der Waals surface area contributed by atoms with Gasteiger partial charge in [0.15, 0.2) is 34.6 Å². The van der Waals surface area contributed by atoms with Gasteiger partial charge in [0.2, 0.25) is 0 Å². The van der Waals surface area contributed by atoms with E-state index in [-0.39, 0.29) is 92.6 Å². The molecule has 0 aliphatic carbocycles. The Bertz CT molecular complexity index is 2840. The number of phenols is 2. The zero-order valence-corrected chi connectivity index (χ0v) is 43.3. The van der Waals surface area contributed by atoms with E-state index in [0.29, 0.717) is 73.6 Å². The summed E-state index contributed by atoms with van der Waals surface area (Å²) in [5, 5.41) is 37.8. The number of nitrogens with zero attached hydrogens (tertiary/aromatic N) is 4. The average molecular weight is 1080 g/mol. The summed E-state index contributed by atoms with van der Waals surface area (Å²) in [5.74, 6) is 3.12. The van der Waals surface area contributed by atoms with Gasteiger partial charge in [0, 0.05) is 58.9 Å². The van der Waals surface area contributed by atoms with E-state index in [4.69, 9.17) is 29.8 Å². The molecule has 6 aromatic rings. The normalized spacial score (nSPS) is 14.4. The third kappa shape index (κ3) is 10.5. The first-order chi connectivity index (χ1) is 32.4. The van der Waals surface area contributed by atoms with Crippen molar-refractivity contribution in [1.82, 2.24) is 19.8 Å². The van der Waals surface area contributed by atoms with Crippen molar-refractivity contribution in [3.63, 3.8) is 0 Å². The summed E-state index contributed by atoms with van der Waals surface area (Å²) in [7, 11) is 0. The summed E-state index contributed by atoms with van der Waals surface area (Å²) in [6, 6.07) is 25.1. The smallest absolute Gasteiger partial charge is 0.182 e. The second-order valence-electron chi connectivity index (χ2n) is 19.5. The third-order valence-corrected chi connectivity index (χ3v) is 12.6. The van der Waals surface area contributed by atoms with E-state index in [1.807, 2.05) is 90.1 Å². The number of hydrogen-bond donors (Lipinski definition) is 4. The number of Topliss-reactive ketones (excluding diaryl/α,β-unsaturated/α-hetero) is 2. The predicted molar refractivity (Wildman–Crippen MR) is 276 cm³/mol. The van der Waals surface area contributed by atoms with Crippen LogP contribution in [-0.4, -0.2) is 66.3 Å². The van der Waals surface area contributed by atoms with Crippen molar-refractivity contribution in [2.75, 3.05) is 13.1 Å². The number of carbonyl (C=O) groups is 2. The molecule has 0 saturated heterocycles. The molecule has 14 nitrogen and oxygen atoms in total. The van der Waals surface area contributed by atoms with E-state index in [1.165, 1.54) is 0 Å². The lowest BCUT2D eigenvalue weighted by molar-refractivity contribution is 0.0954. The molecule has 4 aliphatic heterocycles. The number of pyridine rings is 2. The van der Waals surface area contributed by atoms with Crippen LogP contribution in [0.3, 0.4) is 0 Å². The van der Waals surface area contributed by atoms with Crippen LogP contribution in [0.2, 0.25) is 0 Å². The third-order valence-electron chi connectivity index (χ3n) is 12.6. The minimum Gasteiger partial charge on any atom is -0.508 e. The summed E-state index contributed by atoms with van der Waals surface area (Å²) in [5.41, 5.74) is 8.87. The number of carbonyl (C=O) groups excluding carboxylic acids is 2. The Labute approximate surface area is 428 Å². The van der Waals surface area contributed by atoms with E-state index in [9.17, 15) is 19.8 Å². The number of fused-ring (bicyclic) bond motifs is 6. The van der Waals surface area contributed by atoms with Crippen LogP contribution in [0, 0.1) is 10.8 Å². The summed E-state index contributed by atoms with van der Waals surface area (Å²) in [6.07, 6.45) is 3.47. The highest BCUT2D eigenvalue weighted by molar-refractivity contribution is 8.93. The SMILES string of the molecule is Br.Br.CC(C)(C)c1cc(C(=O)CN2Cc3cc4c(cc3C2=N)OCc2cccnc2CO4)ccc1O.CC(C)(C)c1cc(C(=O)CN2Cc3cc4c(cc3C2=N)OCc2ncccc2CO4)ccc1O. The van der Waals surface area contributed by atoms with Crippen molar-refractivity contribution in [2.24, 2.45) is 0 Å². The molecule has 0 spiro atoms. The van der Waals surface area contributed by atoms with Crippen LogP contribution in [0.25, 0.3) is 0 Å². The van der Waals surface area contributed by atoms with Crippen LogP contribution < -0.4 is 18.9 Å².